The molecular weight excluding hydrogens is 356 g/mol. The topological polar surface area (TPSA) is 88.5 Å². The van der Waals surface area contributed by atoms with E-state index in [1.54, 1.807) is 12.1 Å². The Bertz CT molecular complexity index is 1210. The van der Waals surface area contributed by atoms with Crippen molar-refractivity contribution in [1.29, 1.82) is 0 Å². The minimum absolute atomic E-state index is 0.00266. The van der Waals surface area contributed by atoms with Crippen LogP contribution in [0.3, 0.4) is 0 Å². The Morgan fingerprint density at radius 2 is 1.71 bits per heavy atom. The van der Waals surface area contributed by atoms with E-state index in [1.807, 2.05) is 24.3 Å². The van der Waals surface area contributed by atoms with Crippen molar-refractivity contribution in [3.05, 3.63) is 88.5 Å². The molecule has 4 aromatic rings. The summed E-state index contributed by atoms with van der Waals surface area (Å²) in [5.74, 6) is -0.00266. The van der Waals surface area contributed by atoms with E-state index in [4.69, 9.17) is 4.74 Å². The number of rotatable bonds is 3. The van der Waals surface area contributed by atoms with E-state index in [2.05, 4.69) is 39.8 Å². The summed E-state index contributed by atoms with van der Waals surface area (Å²) < 4.78 is 6.83. The molecule has 2 heterocycles. The van der Waals surface area contributed by atoms with Crippen molar-refractivity contribution in [2.45, 2.75) is 5.92 Å². The first-order chi connectivity index (χ1) is 13.7. The van der Waals surface area contributed by atoms with Gasteiger partial charge in [0.1, 0.15) is 6.61 Å². The SMILES string of the molecule is O=C(Nc1ccc2n[nH]c(=O)n2c1)OCC1c2ccccc2-c2ccccc21. The molecule has 7 nitrogen and oxygen atoms in total. The van der Waals surface area contributed by atoms with E-state index in [9.17, 15) is 9.59 Å². The predicted molar refractivity (Wildman–Crippen MR) is 105 cm³/mol. The first-order valence-corrected chi connectivity index (χ1v) is 8.89. The lowest BCUT2D eigenvalue weighted by atomic mass is 9.98. The first-order valence-electron chi connectivity index (χ1n) is 8.89. The third kappa shape index (κ3) is 2.64. The number of anilines is 1. The van der Waals surface area contributed by atoms with Crippen molar-refractivity contribution in [1.82, 2.24) is 14.6 Å². The van der Waals surface area contributed by atoms with Crippen LogP contribution in [-0.2, 0) is 4.74 Å². The largest absolute Gasteiger partial charge is 0.448 e. The number of aromatic nitrogens is 3. The standard InChI is InChI=1S/C21H16N4O3/c26-20-24-23-19-10-9-13(11-25(19)20)22-21(27)28-12-18-16-7-3-1-5-14(16)15-6-2-4-8-17(15)18/h1-11,18H,12H2,(H,22,27)(H,24,26). The fraction of sp³-hybridized carbons (Fsp3) is 0.0952. The molecule has 0 radical (unpaired) electrons. The van der Waals surface area contributed by atoms with E-state index in [-0.39, 0.29) is 18.2 Å². The highest BCUT2D eigenvalue weighted by molar-refractivity contribution is 5.85. The van der Waals surface area contributed by atoms with E-state index in [0.717, 1.165) is 11.1 Å². The maximum atomic E-state index is 12.3. The van der Waals surface area contributed by atoms with Crippen molar-refractivity contribution >= 4 is 17.4 Å². The van der Waals surface area contributed by atoms with Crippen LogP contribution in [0.15, 0.2) is 71.7 Å². The number of hydrogen-bond donors (Lipinski definition) is 2. The van der Waals surface area contributed by atoms with Gasteiger partial charge in [0.15, 0.2) is 5.65 Å². The van der Waals surface area contributed by atoms with Gasteiger partial charge in [0.05, 0.1) is 5.69 Å². The molecule has 1 aliphatic carbocycles. The Hall–Kier alpha value is -3.87. The molecule has 138 valence electrons. The van der Waals surface area contributed by atoms with Crippen molar-refractivity contribution in [3.8, 4) is 11.1 Å². The number of nitrogens with zero attached hydrogens (tertiary/aromatic N) is 2. The van der Waals surface area contributed by atoms with Gasteiger partial charge in [-0.1, -0.05) is 48.5 Å². The third-order valence-corrected chi connectivity index (χ3v) is 5.00. The maximum absolute atomic E-state index is 12.3. The third-order valence-electron chi connectivity index (χ3n) is 5.00. The highest BCUT2D eigenvalue weighted by Gasteiger charge is 2.28. The molecule has 5 rings (SSSR count). The van der Waals surface area contributed by atoms with Gasteiger partial charge in [0, 0.05) is 12.1 Å². The second-order valence-corrected chi connectivity index (χ2v) is 6.63. The van der Waals surface area contributed by atoms with Gasteiger partial charge in [-0.2, -0.15) is 5.10 Å². The van der Waals surface area contributed by atoms with Crippen LogP contribution >= 0.6 is 0 Å². The Morgan fingerprint density at radius 1 is 1.04 bits per heavy atom. The number of pyridine rings is 1. The number of fused-ring (bicyclic) bond motifs is 4. The number of amides is 1. The summed E-state index contributed by atoms with van der Waals surface area (Å²) >= 11 is 0. The highest BCUT2D eigenvalue weighted by atomic mass is 16.5. The van der Waals surface area contributed by atoms with Crippen LogP contribution < -0.4 is 11.0 Å². The Kier molecular flexibility index (Phi) is 3.72. The molecule has 1 aliphatic rings. The van der Waals surface area contributed by atoms with Gasteiger partial charge in [0.2, 0.25) is 0 Å². The molecule has 2 aromatic heterocycles. The first kappa shape index (κ1) is 16.3. The highest BCUT2D eigenvalue weighted by Crippen LogP contribution is 2.44. The summed E-state index contributed by atoms with van der Waals surface area (Å²) in [5, 5.41) is 8.86. The van der Waals surface area contributed by atoms with E-state index in [1.165, 1.54) is 21.7 Å². The molecule has 28 heavy (non-hydrogen) atoms. The number of nitrogens with one attached hydrogen (secondary N) is 2. The summed E-state index contributed by atoms with van der Waals surface area (Å²) in [5.41, 5.74) is 5.22. The average Bonchev–Trinajstić information content (AvgIpc) is 3.25. The number of H-pyrrole nitrogens is 1. The fourth-order valence-electron chi connectivity index (χ4n) is 3.73. The molecule has 2 aromatic carbocycles. The van der Waals surface area contributed by atoms with Crippen LogP contribution in [0.5, 0.6) is 0 Å². The Balaban J connectivity index is 1.34. The van der Waals surface area contributed by atoms with E-state index >= 15 is 0 Å². The summed E-state index contributed by atoms with van der Waals surface area (Å²) in [6, 6.07) is 19.6. The zero-order valence-electron chi connectivity index (χ0n) is 14.8. The number of ether oxygens (including phenoxy) is 1. The molecule has 0 spiro atoms. The minimum atomic E-state index is -0.572. The van der Waals surface area contributed by atoms with Gasteiger partial charge in [0.25, 0.3) is 0 Å². The predicted octanol–water partition coefficient (Wildman–Crippen LogP) is 3.38. The molecule has 0 bridgehead atoms. The smallest absolute Gasteiger partial charge is 0.411 e. The zero-order chi connectivity index (χ0) is 19.1. The van der Waals surface area contributed by atoms with E-state index in [0.29, 0.717) is 11.3 Å². The van der Waals surface area contributed by atoms with Gasteiger partial charge < -0.3 is 4.74 Å². The van der Waals surface area contributed by atoms with Crippen molar-refractivity contribution in [3.63, 3.8) is 0 Å². The van der Waals surface area contributed by atoms with Gasteiger partial charge in [-0.05, 0) is 34.4 Å². The fourth-order valence-corrected chi connectivity index (χ4v) is 3.73. The molecular formula is C21H16N4O3. The molecule has 0 unspecified atom stereocenters. The van der Waals surface area contributed by atoms with Crippen molar-refractivity contribution < 1.29 is 9.53 Å². The Labute approximate surface area is 159 Å². The lowest BCUT2D eigenvalue weighted by molar-refractivity contribution is 0.158. The van der Waals surface area contributed by atoms with Crippen LogP contribution in [0.25, 0.3) is 16.8 Å². The summed E-state index contributed by atoms with van der Waals surface area (Å²) in [7, 11) is 0. The second-order valence-electron chi connectivity index (χ2n) is 6.63. The minimum Gasteiger partial charge on any atom is -0.448 e. The molecule has 1 amide bonds. The van der Waals surface area contributed by atoms with Crippen LogP contribution in [0.2, 0.25) is 0 Å². The lowest BCUT2D eigenvalue weighted by Crippen LogP contribution is -2.18. The van der Waals surface area contributed by atoms with Gasteiger partial charge in [-0.15, -0.1) is 0 Å². The lowest BCUT2D eigenvalue weighted by Gasteiger charge is -2.14. The normalized spacial score (nSPS) is 12.6. The Morgan fingerprint density at radius 3 is 2.43 bits per heavy atom. The van der Waals surface area contributed by atoms with Gasteiger partial charge in [-0.3, -0.25) is 5.32 Å². The van der Waals surface area contributed by atoms with Gasteiger partial charge >= 0.3 is 11.8 Å². The second kappa shape index (κ2) is 6.38. The molecule has 7 heteroatoms. The molecule has 0 saturated heterocycles. The number of carbonyl (C=O) groups is 1. The zero-order valence-corrected chi connectivity index (χ0v) is 14.8. The summed E-state index contributed by atoms with van der Waals surface area (Å²) in [4.78, 5) is 24.0. The summed E-state index contributed by atoms with van der Waals surface area (Å²) in [6.07, 6.45) is 0.931. The molecule has 0 atom stereocenters. The van der Waals surface area contributed by atoms with Crippen LogP contribution in [0.4, 0.5) is 10.5 Å². The number of hydrogen-bond acceptors (Lipinski definition) is 4. The number of benzene rings is 2. The quantitative estimate of drug-likeness (QED) is 0.577. The average molecular weight is 372 g/mol. The van der Waals surface area contributed by atoms with Gasteiger partial charge in [-0.25, -0.2) is 19.1 Å². The molecule has 0 saturated carbocycles. The van der Waals surface area contributed by atoms with Crippen molar-refractivity contribution in [2.24, 2.45) is 0 Å². The van der Waals surface area contributed by atoms with Crippen LogP contribution in [-0.4, -0.2) is 27.3 Å². The maximum Gasteiger partial charge on any atom is 0.411 e. The summed E-state index contributed by atoms with van der Waals surface area (Å²) in [6.45, 7) is 0.230. The van der Waals surface area contributed by atoms with E-state index < -0.39 is 6.09 Å². The molecule has 2 N–H and O–H groups in total. The monoisotopic (exact) mass is 372 g/mol. The van der Waals surface area contributed by atoms with Crippen molar-refractivity contribution in [2.75, 3.05) is 11.9 Å². The molecule has 0 aliphatic heterocycles. The van der Waals surface area contributed by atoms with Crippen LogP contribution in [0.1, 0.15) is 17.0 Å². The van der Waals surface area contributed by atoms with Crippen LogP contribution in [0, 0.1) is 0 Å². The number of carbonyl (C=O) groups excluding carboxylic acids is 1. The number of aromatic amines is 1. The molecule has 0 fully saturated rings.